The van der Waals surface area contributed by atoms with Crippen LogP contribution in [0.15, 0.2) is 36.4 Å². The maximum Gasteiger partial charge on any atom is 0.122 e. The summed E-state index contributed by atoms with van der Waals surface area (Å²) in [5.41, 5.74) is 7.20. The Kier molecular flexibility index (Phi) is 4.15. The third-order valence-electron chi connectivity index (χ3n) is 3.34. The summed E-state index contributed by atoms with van der Waals surface area (Å²) in [5.74, 6) is 0.956. The summed E-state index contributed by atoms with van der Waals surface area (Å²) in [7, 11) is 1.72. The van der Waals surface area contributed by atoms with Crippen LogP contribution in [0.4, 0.5) is 0 Å². The number of para-hydroxylation sites is 1. The van der Waals surface area contributed by atoms with E-state index >= 15 is 0 Å². The van der Waals surface area contributed by atoms with E-state index in [1.54, 1.807) is 7.11 Å². The fourth-order valence-corrected chi connectivity index (χ4v) is 2.34. The van der Waals surface area contributed by atoms with Crippen molar-refractivity contribution in [2.75, 3.05) is 12.5 Å². The second-order valence-corrected chi connectivity index (χ2v) is 5.00. The lowest BCUT2D eigenvalue weighted by Gasteiger charge is -2.20. The maximum absolute atomic E-state index is 5.39. The Hall–Kier alpha value is -1.90. The summed E-state index contributed by atoms with van der Waals surface area (Å²) in [6, 6.07) is 12.8. The Bertz CT molecular complexity index is 526. The lowest BCUT2D eigenvalue weighted by molar-refractivity contribution is 0.408. The Morgan fingerprint density at radius 1 is 1.11 bits per heavy atom. The molecule has 0 saturated carbocycles. The molecule has 2 rings (SSSR count). The quantitative estimate of drug-likeness (QED) is 0.890. The Morgan fingerprint density at radius 2 is 1.74 bits per heavy atom. The van der Waals surface area contributed by atoms with Crippen molar-refractivity contribution in [3.8, 4) is 5.75 Å². The van der Waals surface area contributed by atoms with Gasteiger partial charge in [-0.25, -0.2) is 0 Å². The smallest absolute Gasteiger partial charge is 0.122 e. The second kappa shape index (κ2) is 5.83. The molecule has 0 spiro atoms. The minimum atomic E-state index is 0.334. The summed E-state index contributed by atoms with van der Waals surface area (Å²) < 4.78 is 7.53. The van der Waals surface area contributed by atoms with E-state index in [1.165, 1.54) is 17.0 Å². The van der Waals surface area contributed by atoms with Gasteiger partial charge < -0.3 is 10.2 Å². The molecule has 0 bridgehead atoms. The lowest BCUT2D eigenvalue weighted by Crippen LogP contribution is -2.28. The molecule has 0 saturated heterocycles. The van der Waals surface area contributed by atoms with Gasteiger partial charge >= 0.3 is 0 Å². The molecule has 1 aromatic heterocycles. The predicted molar refractivity (Wildman–Crippen MR) is 79.4 cm³/mol. The number of methoxy groups -OCH3 is 1. The topological polar surface area (TPSA) is 26.2 Å². The average Bonchev–Trinajstić information content (AvgIpc) is 2.71. The molecule has 0 radical (unpaired) electrons. The molecule has 1 unspecified atom stereocenters. The molecule has 0 aliphatic rings. The number of hydrogen-bond acceptors (Lipinski definition) is 2. The third kappa shape index (κ3) is 3.11. The second-order valence-electron chi connectivity index (χ2n) is 5.00. The van der Waals surface area contributed by atoms with Crippen LogP contribution < -0.4 is 10.2 Å². The highest BCUT2D eigenvalue weighted by atomic mass is 16.5. The first-order valence-electron chi connectivity index (χ1n) is 6.65. The van der Waals surface area contributed by atoms with Crippen LogP contribution >= 0.6 is 0 Å². The van der Waals surface area contributed by atoms with Crippen LogP contribution in [0, 0.1) is 13.8 Å². The number of nitrogens with one attached hydrogen (secondary N) is 1. The summed E-state index contributed by atoms with van der Waals surface area (Å²) in [5, 5.41) is 0. The number of aromatic nitrogens is 1. The van der Waals surface area contributed by atoms with E-state index in [9.17, 15) is 0 Å². The van der Waals surface area contributed by atoms with Gasteiger partial charge in [0.2, 0.25) is 0 Å². The van der Waals surface area contributed by atoms with Gasteiger partial charge in [-0.15, -0.1) is 0 Å². The van der Waals surface area contributed by atoms with Crippen LogP contribution in [0.3, 0.4) is 0 Å². The number of hydrogen-bond donors (Lipinski definition) is 1. The third-order valence-corrected chi connectivity index (χ3v) is 3.34. The van der Waals surface area contributed by atoms with Gasteiger partial charge in [-0.1, -0.05) is 18.2 Å². The molecular formula is C16H22N2O. The fourth-order valence-electron chi connectivity index (χ4n) is 2.34. The number of benzene rings is 1. The zero-order chi connectivity index (χ0) is 13.8. The van der Waals surface area contributed by atoms with E-state index in [-0.39, 0.29) is 0 Å². The van der Waals surface area contributed by atoms with Crippen LogP contribution in [0.2, 0.25) is 0 Å². The minimum absolute atomic E-state index is 0.334. The van der Waals surface area contributed by atoms with Crippen LogP contribution in [0.25, 0.3) is 0 Å². The Morgan fingerprint density at radius 3 is 2.37 bits per heavy atom. The predicted octanol–water partition coefficient (Wildman–Crippen LogP) is 3.29. The van der Waals surface area contributed by atoms with Crippen molar-refractivity contribution in [1.82, 2.24) is 4.68 Å². The minimum Gasteiger partial charge on any atom is -0.496 e. The SMILES string of the molecule is COc1ccccc1CC(C)Nn1c(C)ccc1C. The van der Waals surface area contributed by atoms with Crippen molar-refractivity contribution in [2.24, 2.45) is 0 Å². The van der Waals surface area contributed by atoms with Gasteiger partial charge in [0.05, 0.1) is 7.11 Å². The first-order valence-corrected chi connectivity index (χ1v) is 6.65. The van der Waals surface area contributed by atoms with E-state index in [0.29, 0.717) is 6.04 Å². The van der Waals surface area contributed by atoms with Gasteiger partial charge in [0.15, 0.2) is 0 Å². The highest BCUT2D eigenvalue weighted by Crippen LogP contribution is 2.19. The van der Waals surface area contributed by atoms with Gasteiger partial charge in [-0.3, -0.25) is 4.68 Å². The van der Waals surface area contributed by atoms with Gasteiger partial charge in [-0.05, 0) is 51.0 Å². The first kappa shape index (κ1) is 13.5. The van der Waals surface area contributed by atoms with Gasteiger partial charge in [0.25, 0.3) is 0 Å². The zero-order valence-corrected chi connectivity index (χ0v) is 12.1. The highest BCUT2D eigenvalue weighted by Gasteiger charge is 2.09. The summed E-state index contributed by atoms with van der Waals surface area (Å²) in [6.07, 6.45) is 0.932. The van der Waals surface area contributed by atoms with Gasteiger partial charge in [0, 0.05) is 17.4 Å². The zero-order valence-electron chi connectivity index (χ0n) is 12.1. The molecule has 3 nitrogen and oxygen atoms in total. The standard InChI is InChI=1S/C16H22N2O/c1-12(17-18-13(2)9-10-14(18)3)11-15-7-5-6-8-16(15)19-4/h5-10,12,17H,11H2,1-4H3. The maximum atomic E-state index is 5.39. The van der Waals surface area contributed by atoms with Crippen molar-refractivity contribution in [1.29, 1.82) is 0 Å². The molecule has 1 atom stereocenters. The van der Waals surface area contributed by atoms with Crippen LogP contribution in [0.1, 0.15) is 23.9 Å². The largest absolute Gasteiger partial charge is 0.496 e. The highest BCUT2D eigenvalue weighted by molar-refractivity contribution is 5.34. The van der Waals surface area contributed by atoms with Crippen molar-refractivity contribution < 1.29 is 4.74 Å². The molecule has 19 heavy (non-hydrogen) atoms. The van der Waals surface area contributed by atoms with Crippen LogP contribution in [-0.4, -0.2) is 17.8 Å². The van der Waals surface area contributed by atoms with E-state index in [0.717, 1.165) is 12.2 Å². The molecule has 102 valence electrons. The Labute approximate surface area is 115 Å². The molecule has 0 aliphatic carbocycles. The number of rotatable bonds is 5. The molecule has 2 aromatic rings. The number of aryl methyl sites for hydroxylation is 2. The van der Waals surface area contributed by atoms with Crippen molar-refractivity contribution in [3.05, 3.63) is 53.3 Å². The summed E-state index contributed by atoms with van der Waals surface area (Å²) in [6.45, 7) is 6.40. The Balaban J connectivity index is 2.07. The van der Waals surface area contributed by atoms with Crippen molar-refractivity contribution >= 4 is 0 Å². The van der Waals surface area contributed by atoms with E-state index in [4.69, 9.17) is 4.74 Å². The van der Waals surface area contributed by atoms with Gasteiger partial charge in [-0.2, -0.15) is 0 Å². The number of ether oxygens (including phenoxy) is 1. The molecule has 1 heterocycles. The monoisotopic (exact) mass is 258 g/mol. The molecular weight excluding hydrogens is 236 g/mol. The molecule has 1 aromatic carbocycles. The normalized spacial score (nSPS) is 12.2. The van der Waals surface area contributed by atoms with Crippen molar-refractivity contribution in [2.45, 2.75) is 33.2 Å². The van der Waals surface area contributed by atoms with Crippen molar-refractivity contribution in [3.63, 3.8) is 0 Å². The number of nitrogens with zero attached hydrogens (tertiary/aromatic N) is 1. The summed E-state index contributed by atoms with van der Waals surface area (Å²) >= 11 is 0. The average molecular weight is 258 g/mol. The van der Waals surface area contributed by atoms with Crippen LogP contribution in [-0.2, 0) is 6.42 Å². The van der Waals surface area contributed by atoms with E-state index < -0.39 is 0 Å². The molecule has 0 aliphatic heterocycles. The summed E-state index contributed by atoms with van der Waals surface area (Å²) in [4.78, 5) is 0. The first-order chi connectivity index (χ1) is 9.11. The lowest BCUT2D eigenvalue weighted by atomic mass is 10.1. The van der Waals surface area contributed by atoms with Gasteiger partial charge in [0.1, 0.15) is 5.75 Å². The van der Waals surface area contributed by atoms with E-state index in [2.05, 4.69) is 55.1 Å². The fraction of sp³-hybridized carbons (Fsp3) is 0.375. The molecule has 0 fully saturated rings. The molecule has 0 amide bonds. The van der Waals surface area contributed by atoms with E-state index in [1.807, 2.05) is 12.1 Å². The van der Waals surface area contributed by atoms with Crippen LogP contribution in [0.5, 0.6) is 5.75 Å². The molecule has 3 heteroatoms. The molecule has 1 N–H and O–H groups in total.